The van der Waals surface area contributed by atoms with Crippen LogP contribution in [0, 0.1) is 6.92 Å². The highest BCUT2D eigenvalue weighted by atomic mass is 35.5. The molecule has 0 unspecified atom stereocenters. The molecule has 1 saturated heterocycles. The van der Waals surface area contributed by atoms with Crippen LogP contribution >= 0.6 is 11.6 Å². The fraction of sp³-hybridized carbons (Fsp3) is 0.625. The Morgan fingerprint density at radius 3 is 2.16 bits per heavy atom. The van der Waals surface area contributed by atoms with Crippen molar-refractivity contribution in [3.8, 4) is 0 Å². The van der Waals surface area contributed by atoms with Crippen LogP contribution in [0.1, 0.15) is 31.7 Å². The maximum Gasteiger partial charge on any atom is 0.244 e. The van der Waals surface area contributed by atoms with Gasteiger partial charge in [-0.2, -0.15) is 8.61 Å². The Labute approximate surface area is 155 Å². The summed E-state index contributed by atoms with van der Waals surface area (Å²) >= 11 is 6.09. The van der Waals surface area contributed by atoms with Crippen molar-refractivity contribution in [2.75, 3.05) is 31.9 Å². The summed E-state index contributed by atoms with van der Waals surface area (Å²) in [5, 5.41) is 0.189. The van der Waals surface area contributed by atoms with Gasteiger partial charge in [-0.1, -0.05) is 37.4 Å². The molecule has 1 fully saturated rings. The van der Waals surface area contributed by atoms with Gasteiger partial charge in [0, 0.05) is 26.2 Å². The molecule has 1 aromatic rings. The predicted octanol–water partition coefficient (Wildman–Crippen LogP) is 2.47. The van der Waals surface area contributed by atoms with Crippen molar-refractivity contribution in [1.82, 2.24) is 8.61 Å². The van der Waals surface area contributed by atoms with E-state index < -0.39 is 20.0 Å². The van der Waals surface area contributed by atoms with Crippen LogP contribution in [0.3, 0.4) is 0 Å². The smallest absolute Gasteiger partial charge is 0.212 e. The lowest BCUT2D eigenvalue weighted by atomic mass is 10.2. The van der Waals surface area contributed by atoms with Crippen molar-refractivity contribution in [2.45, 2.75) is 38.0 Å². The largest absolute Gasteiger partial charge is 0.244 e. The van der Waals surface area contributed by atoms with E-state index in [1.165, 1.54) is 14.7 Å². The number of sulfonamides is 2. The van der Waals surface area contributed by atoms with Crippen molar-refractivity contribution < 1.29 is 16.8 Å². The molecule has 1 aliphatic rings. The highest BCUT2D eigenvalue weighted by Crippen LogP contribution is 2.26. The fourth-order valence-electron chi connectivity index (χ4n) is 2.81. The Kier molecular flexibility index (Phi) is 6.89. The molecule has 1 heterocycles. The van der Waals surface area contributed by atoms with Crippen molar-refractivity contribution >= 4 is 31.6 Å². The highest BCUT2D eigenvalue weighted by molar-refractivity contribution is 7.89. The lowest BCUT2D eigenvalue weighted by Gasteiger charge is -2.33. The van der Waals surface area contributed by atoms with Crippen LogP contribution in [0.15, 0.2) is 23.1 Å². The molecule has 0 radical (unpaired) electrons. The molecule has 25 heavy (non-hydrogen) atoms. The first kappa shape index (κ1) is 20.6. The van der Waals surface area contributed by atoms with E-state index >= 15 is 0 Å². The predicted molar refractivity (Wildman–Crippen MR) is 99.8 cm³/mol. The summed E-state index contributed by atoms with van der Waals surface area (Å²) in [6.45, 7) is 4.49. The second-order valence-corrected chi connectivity index (χ2v) is 10.7. The Balaban J connectivity index is 2.06. The van der Waals surface area contributed by atoms with Gasteiger partial charge in [0.1, 0.15) is 4.90 Å². The molecular formula is C16H25ClN2O4S2. The third-order valence-corrected chi connectivity index (χ3v) is 8.64. The van der Waals surface area contributed by atoms with Crippen LogP contribution in [-0.4, -0.2) is 57.4 Å². The molecule has 1 aliphatic heterocycles. The number of hydrogen-bond donors (Lipinski definition) is 0. The first-order valence-electron chi connectivity index (χ1n) is 8.42. The molecule has 0 amide bonds. The average molecular weight is 409 g/mol. The SMILES string of the molecule is CCCCCS(=O)(=O)N1CCN(S(=O)(=O)c2ccc(C)cc2Cl)CC1. The molecule has 6 nitrogen and oxygen atoms in total. The number of piperazine rings is 1. The van der Waals surface area contributed by atoms with Gasteiger partial charge in [0.05, 0.1) is 10.8 Å². The van der Waals surface area contributed by atoms with Crippen molar-refractivity contribution in [3.63, 3.8) is 0 Å². The van der Waals surface area contributed by atoms with E-state index in [1.54, 1.807) is 12.1 Å². The van der Waals surface area contributed by atoms with E-state index in [2.05, 4.69) is 0 Å². The number of aryl methyl sites for hydroxylation is 1. The summed E-state index contributed by atoms with van der Waals surface area (Å²) in [5.74, 6) is 0.122. The maximum absolute atomic E-state index is 12.8. The van der Waals surface area contributed by atoms with E-state index in [1.807, 2.05) is 13.8 Å². The van der Waals surface area contributed by atoms with E-state index in [-0.39, 0.29) is 41.8 Å². The van der Waals surface area contributed by atoms with Gasteiger partial charge < -0.3 is 0 Å². The molecule has 9 heteroatoms. The number of unbranched alkanes of at least 4 members (excludes halogenated alkanes) is 2. The summed E-state index contributed by atoms with van der Waals surface area (Å²) in [4.78, 5) is 0.0685. The van der Waals surface area contributed by atoms with E-state index in [0.29, 0.717) is 6.42 Å². The number of rotatable bonds is 7. The van der Waals surface area contributed by atoms with Crippen molar-refractivity contribution in [1.29, 1.82) is 0 Å². The molecule has 2 rings (SSSR count). The second kappa shape index (κ2) is 8.35. The normalized spacial score (nSPS) is 17.7. The number of nitrogens with zero attached hydrogens (tertiary/aromatic N) is 2. The van der Waals surface area contributed by atoms with E-state index in [0.717, 1.165) is 18.4 Å². The lowest BCUT2D eigenvalue weighted by Crippen LogP contribution is -2.50. The van der Waals surface area contributed by atoms with Crippen molar-refractivity contribution in [3.05, 3.63) is 28.8 Å². The number of benzene rings is 1. The quantitative estimate of drug-likeness (QED) is 0.649. The molecular weight excluding hydrogens is 384 g/mol. The molecule has 0 aliphatic carbocycles. The van der Waals surface area contributed by atoms with Gasteiger partial charge in [-0.05, 0) is 31.0 Å². The number of halogens is 1. The zero-order chi connectivity index (χ0) is 18.7. The van der Waals surface area contributed by atoms with Crippen LogP contribution in [0.25, 0.3) is 0 Å². The minimum Gasteiger partial charge on any atom is -0.212 e. The Bertz CT molecular complexity index is 801. The molecule has 1 aromatic carbocycles. The average Bonchev–Trinajstić information content (AvgIpc) is 2.54. The summed E-state index contributed by atoms with van der Waals surface area (Å²) in [5.41, 5.74) is 0.881. The Morgan fingerprint density at radius 2 is 1.60 bits per heavy atom. The molecule has 0 spiro atoms. The third kappa shape index (κ3) is 4.95. The molecule has 0 bridgehead atoms. The Morgan fingerprint density at radius 1 is 1.00 bits per heavy atom. The van der Waals surface area contributed by atoms with Gasteiger partial charge in [-0.3, -0.25) is 0 Å². The molecule has 0 N–H and O–H groups in total. The zero-order valence-corrected chi connectivity index (χ0v) is 17.0. The second-order valence-electron chi connectivity index (χ2n) is 6.26. The van der Waals surface area contributed by atoms with Crippen LogP contribution in [-0.2, 0) is 20.0 Å². The van der Waals surface area contributed by atoms with Crippen LogP contribution in [0.5, 0.6) is 0 Å². The standard InChI is InChI=1S/C16H25ClN2O4S2/c1-3-4-5-12-24(20,21)18-8-10-19(11-9-18)25(22,23)16-7-6-14(2)13-15(16)17/h6-7,13H,3-5,8-12H2,1-2H3. The van der Waals surface area contributed by atoms with Gasteiger partial charge in [-0.25, -0.2) is 16.8 Å². The third-order valence-electron chi connectivity index (χ3n) is 4.30. The van der Waals surface area contributed by atoms with Gasteiger partial charge in [-0.15, -0.1) is 0 Å². The summed E-state index contributed by atoms with van der Waals surface area (Å²) in [6.07, 6.45) is 2.47. The first-order valence-corrected chi connectivity index (χ1v) is 11.9. The van der Waals surface area contributed by atoms with Crippen LogP contribution < -0.4 is 0 Å². The zero-order valence-electron chi connectivity index (χ0n) is 14.6. The molecule has 0 aromatic heterocycles. The van der Waals surface area contributed by atoms with Crippen molar-refractivity contribution in [2.24, 2.45) is 0 Å². The van der Waals surface area contributed by atoms with E-state index in [9.17, 15) is 16.8 Å². The Hall–Kier alpha value is -0.670. The van der Waals surface area contributed by atoms with Crippen LogP contribution in [0.4, 0.5) is 0 Å². The summed E-state index contributed by atoms with van der Waals surface area (Å²) in [7, 11) is -7.04. The molecule has 0 saturated carbocycles. The first-order chi connectivity index (χ1) is 11.7. The van der Waals surface area contributed by atoms with Gasteiger partial charge in [0.25, 0.3) is 0 Å². The molecule has 0 atom stereocenters. The topological polar surface area (TPSA) is 74.8 Å². The maximum atomic E-state index is 12.8. The summed E-state index contributed by atoms with van der Waals surface area (Å²) < 4.78 is 52.9. The minimum absolute atomic E-state index is 0.0685. The lowest BCUT2D eigenvalue weighted by molar-refractivity contribution is 0.272. The monoisotopic (exact) mass is 408 g/mol. The van der Waals surface area contributed by atoms with Crippen LogP contribution in [0.2, 0.25) is 5.02 Å². The van der Waals surface area contributed by atoms with Gasteiger partial charge in [0.15, 0.2) is 0 Å². The molecule has 142 valence electrons. The van der Waals surface area contributed by atoms with Gasteiger partial charge in [0.2, 0.25) is 20.0 Å². The van der Waals surface area contributed by atoms with Gasteiger partial charge >= 0.3 is 0 Å². The fourth-order valence-corrected chi connectivity index (χ4v) is 6.35. The summed E-state index contributed by atoms with van der Waals surface area (Å²) in [6, 6.07) is 4.82. The highest BCUT2D eigenvalue weighted by Gasteiger charge is 2.33. The van der Waals surface area contributed by atoms with E-state index in [4.69, 9.17) is 11.6 Å². The minimum atomic E-state index is -3.72. The number of hydrogen-bond acceptors (Lipinski definition) is 4.